The van der Waals surface area contributed by atoms with Crippen LogP contribution >= 0.6 is 11.6 Å². The molecule has 0 radical (unpaired) electrons. The van der Waals surface area contributed by atoms with Gasteiger partial charge in [-0.25, -0.2) is 4.39 Å². The summed E-state index contributed by atoms with van der Waals surface area (Å²) in [5, 5.41) is 13.3. The second-order valence-corrected chi connectivity index (χ2v) is 10.1. The average molecular weight is 501 g/mol. The highest BCUT2D eigenvalue weighted by Crippen LogP contribution is 2.35. The first-order valence-corrected chi connectivity index (χ1v) is 12.6. The van der Waals surface area contributed by atoms with Gasteiger partial charge in [-0.15, -0.1) is 10.2 Å². The number of methoxy groups -OCH3 is 1. The summed E-state index contributed by atoms with van der Waals surface area (Å²) in [4.78, 5) is 4.74. The van der Waals surface area contributed by atoms with Gasteiger partial charge in [0.1, 0.15) is 23.6 Å². The Morgan fingerprint density at radius 3 is 2.77 bits per heavy atom. The molecular weight excluding hydrogens is 471 g/mol. The molecule has 10 heteroatoms. The number of fused-ring (bicyclic) bond motifs is 3. The third kappa shape index (κ3) is 4.35. The molecule has 1 N–H and O–H groups in total. The molecule has 0 aliphatic carbocycles. The smallest absolute Gasteiger partial charge is 0.151 e. The summed E-state index contributed by atoms with van der Waals surface area (Å²) >= 11 is 6.41. The minimum absolute atomic E-state index is 0.152. The highest BCUT2D eigenvalue weighted by Gasteiger charge is 2.35. The quantitative estimate of drug-likeness (QED) is 0.689. The third-order valence-electron chi connectivity index (χ3n) is 7.60. The number of dihydropyridines is 1. The Morgan fingerprint density at radius 2 is 2.00 bits per heavy atom. The van der Waals surface area contributed by atoms with Crippen molar-refractivity contribution in [3.8, 4) is 5.69 Å². The molecule has 1 aromatic heterocycles. The van der Waals surface area contributed by atoms with E-state index in [0.717, 1.165) is 81.0 Å². The molecule has 0 bridgehead atoms. The van der Waals surface area contributed by atoms with Crippen molar-refractivity contribution in [3.05, 3.63) is 64.3 Å². The maximum atomic E-state index is 13.7. The fourth-order valence-corrected chi connectivity index (χ4v) is 5.95. The van der Waals surface area contributed by atoms with Crippen molar-refractivity contribution in [2.24, 2.45) is 0 Å². The summed E-state index contributed by atoms with van der Waals surface area (Å²) < 4.78 is 27.0. The summed E-state index contributed by atoms with van der Waals surface area (Å²) in [5.41, 5.74) is 2.31. The van der Waals surface area contributed by atoms with E-state index in [0.29, 0.717) is 11.8 Å². The first kappa shape index (κ1) is 23.0. The molecule has 0 spiro atoms. The lowest BCUT2D eigenvalue weighted by atomic mass is 9.95. The largest absolute Gasteiger partial charge is 0.497 e. The van der Waals surface area contributed by atoms with Crippen LogP contribution in [0.2, 0.25) is 5.02 Å². The molecule has 4 aliphatic rings. The molecule has 35 heavy (non-hydrogen) atoms. The van der Waals surface area contributed by atoms with E-state index in [1.165, 1.54) is 17.8 Å². The van der Waals surface area contributed by atoms with Crippen molar-refractivity contribution in [3.63, 3.8) is 0 Å². The summed E-state index contributed by atoms with van der Waals surface area (Å²) in [6.07, 6.45) is 5.60. The standard InChI is InChI=1S/C25H30ClFN6O2/c1-34-22-11-19(27)12-28-25(22)31-7-4-16(5-8-31)24-30-29-23-14-32(20-6-9-35-15-20)13-17-10-18(26)2-3-21(17)33(23)24/h2-3,10-12,16,20,25,28H,4-9,13-15H2,1H3/t20-,25?/m0/s1. The zero-order valence-electron chi connectivity index (χ0n) is 19.8. The third-order valence-corrected chi connectivity index (χ3v) is 7.84. The van der Waals surface area contributed by atoms with Crippen LogP contribution in [0.3, 0.4) is 0 Å². The lowest BCUT2D eigenvalue weighted by Gasteiger charge is -2.38. The van der Waals surface area contributed by atoms with Crippen LogP contribution < -0.4 is 5.32 Å². The van der Waals surface area contributed by atoms with Gasteiger partial charge in [0.15, 0.2) is 5.82 Å². The summed E-state index contributed by atoms with van der Waals surface area (Å²) in [6.45, 7) is 4.80. The van der Waals surface area contributed by atoms with E-state index in [2.05, 4.69) is 36.9 Å². The van der Waals surface area contributed by atoms with Crippen LogP contribution in [0.4, 0.5) is 4.39 Å². The first-order valence-electron chi connectivity index (χ1n) is 12.3. The van der Waals surface area contributed by atoms with Crippen molar-refractivity contribution >= 4 is 11.6 Å². The predicted molar refractivity (Wildman–Crippen MR) is 130 cm³/mol. The Morgan fingerprint density at radius 1 is 1.14 bits per heavy atom. The van der Waals surface area contributed by atoms with Crippen molar-refractivity contribution in [2.45, 2.75) is 50.5 Å². The number of nitrogens with zero attached hydrogens (tertiary/aromatic N) is 5. The molecule has 0 saturated carbocycles. The lowest BCUT2D eigenvalue weighted by Crippen LogP contribution is -2.49. The highest BCUT2D eigenvalue weighted by molar-refractivity contribution is 6.30. The molecule has 1 aromatic carbocycles. The second kappa shape index (κ2) is 9.54. The van der Waals surface area contributed by atoms with E-state index in [1.807, 2.05) is 6.07 Å². The topological polar surface area (TPSA) is 67.7 Å². The van der Waals surface area contributed by atoms with E-state index in [-0.39, 0.29) is 17.9 Å². The number of hydrogen-bond donors (Lipinski definition) is 1. The maximum Gasteiger partial charge on any atom is 0.151 e. The first-order chi connectivity index (χ1) is 17.1. The molecule has 2 aromatic rings. The number of allylic oxidation sites excluding steroid dienone is 2. The molecule has 2 fully saturated rings. The van der Waals surface area contributed by atoms with Crippen LogP contribution in [0.25, 0.3) is 5.69 Å². The van der Waals surface area contributed by atoms with Gasteiger partial charge in [-0.05, 0) is 43.0 Å². The van der Waals surface area contributed by atoms with Gasteiger partial charge in [-0.3, -0.25) is 14.4 Å². The van der Waals surface area contributed by atoms with Crippen LogP contribution in [0.5, 0.6) is 0 Å². The molecule has 2 atom stereocenters. The van der Waals surface area contributed by atoms with Crippen molar-refractivity contribution < 1.29 is 13.9 Å². The molecule has 0 amide bonds. The SMILES string of the molecule is COC1=CC(F)=CNC1N1CCC(c2nnc3n2-c2ccc(Cl)cc2CN([C@H]2CCOC2)C3)CC1. The molecule has 2 saturated heterocycles. The average Bonchev–Trinajstić information content (AvgIpc) is 3.52. The minimum atomic E-state index is -0.323. The Balaban J connectivity index is 1.26. The van der Waals surface area contributed by atoms with Gasteiger partial charge in [0.2, 0.25) is 0 Å². The Hall–Kier alpha value is -2.46. The number of halogens is 2. The zero-order valence-corrected chi connectivity index (χ0v) is 20.5. The molecule has 8 nitrogen and oxygen atoms in total. The monoisotopic (exact) mass is 500 g/mol. The van der Waals surface area contributed by atoms with E-state index in [9.17, 15) is 4.39 Å². The summed E-state index contributed by atoms with van der Waals surface area (Å²) in [6, 6.07) is 6.49. The normalized spacial score (nSPS) is 25.8. The lowest BCUT2D eigenvalue weighted by molar-refractivity contribution is 0.106. The van der Waals surface area contributed by atoms with Crippen LogP contribution in [0, 0.1) is 0 Å². The fourth-order valence-electron chi connectivity index (χ4n) is 5.75. The van der Waals surface area contributed by atoms with E-state index < -0.39 is 0 Å². The van der Waals surface area contributed by atoms with Crippen LogP contribution in [-0.2, 0) is 22.6 Å². The van der Waals surface area contributed by atoms with Gasteiger partial charge >= 0.3 is 0 Å². The molecule has 1 unspecified atom stereocenters. The van der Waals surface area contributed by atoms with Crippen LogP contribution in [-0.4, -0.2) is 70.2 Å². The van der Waals surface area contributed by atoms with Gasteiger partial charge in [0, 0.05) is 55.5 Å². The fraction of sp³-hybridized carbons (Fsp3) is 0.520. The molecule has 4 aliphatic heterocycles. The van der Waals surface area contributed by atoms with E-state index in [4.69, 9.17) is 26.2 Å². The molecular formula is C25H30ClFN6O2. The van der Waals surface area contributed by atoms with Crippen molar-refractivity contribution in [1.82, 2.24) is 29.9 Å². The number of ether oxygens (including phenoxy) is 2. The van der Waals surface area contributed by atoms with Crippen molar-refractivity contribution in [2.75, 3.05) is 33.4 Å². The van der Waals surface area contributed by atoms with E-state index in [1.54, 1.807) is 7.11 Å². The summed E-state index contributed by atoms with van der Waals surface area (Å²) in [7, 11) is 1.59. The maximum absolute atomic E-state index is 13.7. The van der Waals surface area contributed by atoms with Gasteiger partial charge < -0.3 is 14.8 Å². The number of benzene rings is 1. The number of aromatic nitrogens is 3. The number of likely N-dealkylation sites (tertiary alicyclic amines) is 1. The Labute approximate surface area is 209 Å². The van der Waals surface area contributed by atoms with E-state index >= 15 is 0 Å². The summed E-state index contributed by atoms with van der Waals surface area (Å²) in [5.74, 6) is 2.54. The van der Waals surface area contributed by atoms with Gasteiger partial charge in [-0.1, -0.05) is 11.6 Å². The Kier molecular flexibility index (Phi) is 6.26. The van der Waals surface area contributed by atoms with Crippen LogP contribution in [0.1, 0.15) is 42.4 Å². The van der Waals surface area contributed by atoms with Gasteiger partial charge in [0.25, 0.3) is 0 Å². The van der Waals surface area contributed by atoms with Crippen LogP contribution in [0.15, 0.2) is 42.1 Å². The molecule has 186 valence electrons. The number of piperidine rings is 1. The number of rotatable bonds is 4. The number of hydrogen-bond acceptors (Lipinski definition) is 7. The van der Waals surface area contributed by atoms with Gasteiger partial charge in [-0.2, -0.15) is 0 Å². The molecule has 5 heterocycles. The van der Waals surface area contributed by atoms with Crippen molar-refractivity contribution in [1.29, 1.82) is 0 Å². The highest BCUT2D eigenvalue weighted by atomic mass is 35.5. The predicted octanol–water partition coefficient (Wildman–Crippen LogP) is 3.48. The minimum Gasteiger partial charge on any atom is -0.497 e. The van der Waals surface area contributed by atoms with Gasteiger partial charge in [0.05, 0.1) is 25.9 Å². The number of nitrogens with one attached hydrogen (secondary N) is 1. The Bertz CT molecular complexity index is 1150. The zero-order chi connectivity index (χ0) is 23.9. The second-order valence-electron chi connectivity index (χ2n) is 9.66. The molecule has 6 rings (SSSR count).